The van der Waals surface area contributed by atoms with Gasteiger partial charge in [0.2, 0.25) is 0 Å². The van der Waals surface area contributed by atoms with Gasteiger partial charge in [-0.05, 0) is 14.0 Å². The second-order valence-corrected chi connectivity index (χ2v) is 2.68. The zero-order valence-corrected chi connectivity index (χ0v) is 7.31. The van der Waals surface area contributed by atoms with Crippen LogP contribution in [0.2, 0.25) is 0 Å². The molecule has 0 fully saturated rings. The molecule has 13 heavy (non-hydrogen) atoms. The molecule has 1 aromatic heterocycles. The van der Waals surface area contributed by atoms with E-state index >= 15 is 0 Å². The topological polar surface area (TPSA) is 29.9 Å². The molecule has 6 heteroatoms. The van der Waals surface area contributed by atoms with E-state index in [1.165, 1.54) is 0 Å². The number of hydrogen-bond acceptors (Lipinski definition) is 2. The van der Waals surface area contributed by atoms with E-state index in [1.54, 1.807) is 14.0 Å². The van der Waals surface area contributed by atoms with Gasteiger partial charge in [-0.3, -0.25) is 0 Å². The summed E-state index contributed by atoms with van der Waals surface area (Å²) < 4.78 is 36.3. The van der Waals surface area contributed by atoms with Gasteiger partial charge < -0.3 is 5.32 Å². The lowest BCUT2D eigenvalue weighted by Crippen LogP contribution is -2.17. The van der Waals surface area contributed by atoms with Crippen LogP contribution in [0, 0.1) is 6.92 Å². The van der Waals surface area contributed by atoms with E-state index in [0.717, 1.165) is 6.20 Å². The highest BCUT2D eigenvalue weighted by Crippen LogP contribution is 2.22. The van der Waals surface area contributed by atoms with Crippen LogP contribution >= 0.6 is 0 Å². The summed E-state index contributed by atoms with van der Waals surface area (Å²) in [5.74, 6) is 0. The third-order valence-corrected chi connectivity index (χ3v) is 1.63. The van der Waals surface area contributed by atoms with Crippen molar-refractivity contribution >= 4 is 0 Å². The fraction of sp³-hybridized carbons (Fsp3) is 0.571. The quantitative estimate of drug-likeness (QED) is 0.769. The van der Waals surface area contributed by atoms with Crippen molar-refractivity contribution < 1.29 is 13.2 Å². The van der Waals surface area contributed by atoms with Gasteiger partial charge in [-0.25, -0.2) is 0 Å². The van der Waals surface area contributed by atoms with Crippen LogP contribution in [0.1, 0.15) is 11.3 Å². The second-order valence-electron chi connectivity index (χ2n) is 2.68. The summed E-state index contributed by atoms with van der Waals surface area (Å²) in [7, 11) is 1.67. The van der Waals surface area contributed by atoms with Crippen molar-refractivity contribution in [2.24, 2.45) is 0 Å². The molecule has 0 unspecified atom stereocenters. The Morgan fingerprint density at radius 3 is 2.54 bits per heavy atom. The van der Waals surface area contributed by atoms with Gasteiger partial charge in [-0.2, -0.15) is 9.78 Å². The summed E-state index contributed by atoms with van der Waals surface area (Å²) >= 11 is 0. The second kappa shape index (κ2) is 3.37. The number of hydrogen-bond donors (Lipinski definition) is 1. The predicted octanol–water partition coefficient (Wildman–Crippen LogP) is 1.39. The van der Waals surface area contributed by atoms with Crippen LogP contribution in [-0.4, -0.2) is 16.8 Å². The predicted molar refractivity (Wildman–Crippen MR) is 41.0 cm³/mol. The monoisotopic (exact) mass is 193 g/mol. The molecule has 0 bridgehead atoms. The van der Waals surface area contributed by atoms with E-state index in [0.29, 0.717) is 17.8 Å². The number of nitrogens with zero attached hydrogens (tertiary/aromatic N) is 2. The average Bonchev–Trinajstić information content (AvgIpc) is 2.32. The third kappa shape index (κ3) is 2.21. The van der Waals surface area contributed by atoms with E-state index in [2.05, 4.69) is 10.4 Å². The normalized spacial score (nSPS) is 12.1. The molecule has 1 N–H and O–H groups in total. The molecular weight excluding hydrogens is 183 g/mol. The molecule has 0 radical (unpaired) electrons. The molecule has 0 atom stereocenters. The zero-order valence-electron chi connectivity index (χ0n) is 7.31. The summed E-state index contributed by atoms with van der Waals surface area (Å²) in [6.45, 7) is 1.94. The number of alkyl halides is 3. The van der Waals surface area contributed by atoms with Crippen LogP contribution < -0.4 is 5.32 Å². The van der Waals surface area contributed by atoms with E-state index in [4.69, 9.17) is 0 Å². The Balaban J connectivity index is 2.95. The molecule has 74 valence electrons. The molecule has 0 aliphatic rings. The first-order valence-corrected chi connectivity index (χ1v) is 3.72. The van der Waals surface area contributed by atoms with Crippen molar-refractivity contribution in [1.29, 1.82) is 0 Å². The summed E-state index contributed by atoms with van der Waals surface area (Å²) in [4.78, 5) is 0. The van der Waals surface area contributed by atoms with Crippen LogP contribution in [0.15, 0.2) is 6.20 Å². The van der Waals surface area contributed by atoms with Crippen molar-refractivity contribution in [2.45, 2.75) is 19.8 Å². The SMILES string of the molecule is CNCc1cn(C(F)(F)F)nc1C. The van der Waals surface area contributed by atoms with Gasteiger partial charge in [0.1, 0.15) is 0 Å². The Bertz CT molecular complexity index is 290. The molecule has 0 spiro atoms. The number of rotatable bonds is 2. The average molecular weight is 193 g/mol. The standard InChI is InChI=1S/C7H10F3N3/c1-5-6(3-11-2)4-13(12-5)7(8,9)10/h4,11H,3H2,1-2H3. The lowest BCUT2D eigenvalue weighted by atomic mass is 10.3. The number of halogens is 3. The van der Waals surface area contributed by atoms with Gasteiger partial charge in [0.05, 0.1) is 5.69 Å². The lowest BCUT2D eigenvalue weighted by Gasteiger charge is -2.03. The van der Waals surface area contributed by atoms with Crippen LogP contribution in [0.25, 0.3) is 0 Å². The van der Waals surface area contributed by atoms with E-state index in [1.807, 2.05) is 0 Å². The Morgan fingerprint density at radius 1 is 1.54 bits per heavy atom. The van der Waals surface area contributed by atoms with Crippen molar-refractivity contribution in [2.75, 3.05) is 7.05 Å². The van der Waals surface area contributed by atoms with Gasteiger partial charge in [-0.15, -0.1) is 13.2 Å². The van der Waals surface area contributed by atoms with E-state index < -0.39 is 6.30 Å². The van der Waals surface area contributed by atoms with Gasteiger partial charge in [0.15, 0.2) is 0 Å². The largest absolute Gasteiger partial charge is 0.504 e. The van der Waals surface area contributed by atoms with E-state index in [9.17, 15) is 13.2 Å². The molecule has 0 saturated heterocycles. The van der Waals surface area contributed by atoms with Gasteiger partial charge in [0.25, 0.3) is 0 Å². The Morgan fingerprint density at radius 2 is 2.15 bits per heavy atom. The van der Waals surface area contributed by atoms with Crippen LogP contribution in [0.4, 0.5) is 13.2 Å². The maximum absolute atomic E-state index is 12.1. The first-order valence-electron chi connectivity index (χ1n) is 3.72. The molecule has 0 saturated carbocycles. The fourth-order valence-electron chi connectivity index (χ4n) is 0.990. The molecule has 0 aliphatic heterocycles. The molecule has 0 aromatic carbocycles. The minimum Gasteiger partial charge on any atom is -0.316 e. The molecular formula is C7H10F3N3. The fourth-order valence-corrected chi connectivity index (χ4v) is 0.990. The summed E-state index contributed by atoms with van der Waals surface area (Å²) in [5, 5.41) is 6.12. The minimum absolute atomic E-state index is 0.0228. The van der Waals surface area contributed by atoms with E-state index in [-0.39, 0.29) is 4.68 Å². The molecule has 3 nitrogen and oxygen atoms in total. The molecule has 0 amide bonds. The summed E-state index contributed by atoms with van der Waals surface area (Å²) in [6, 6.07) is 0. The Hall–Kier alpha value is -1.04. The zero-order chi connectivity index (χ0) is 10.1. The number of aryl methyl sites for hydroxylation is 1. The molecule has 1 rings (SSSR count). The maximum atomic E-state index is 12.1. The first kappa shape index (κ1) is 10.0. The highest BCUT2D eigenvalue weighted by Gasteiger charge is 2.32. The summed E-state index contributed by atoms with van der Waals surface area (Å²) in [5.41, 5.74) is 0.950. The lowest BCUT2D eigenvalue weighted by molar-refractivity contribution is -0.212. The van der Waals surface area contributed by atoms with Crippen molar-refractivity contribution in [1.82, 2.24) is 15.1 Å². The maximum Gasteiger partial charge on any atom is 0.504 e. The van der Waals surface area contributed by atoms with Gasteiger partial charge in [0, 0.05) is 18.3 Å². The van der Waals surface area contributed by atoms with Crippen molar-refractivity contribution in [3.05, 3.63) is 17.5 Å². The minimum atomic E-state index is -4.42. The summed E-state index contributed by atoms with van der Waals surface area (Å²) in [6.07, 6.45) is -3.43. The van der Waals surface area contributed by atoms with Crippen LogP contribution in [0.3, 0.4) is 0 Å². The van der Waals surface area contributed by atoms with Crippen LogP contribution in [0.5, 0.6) is 0 Å². The van der Waals surface area contributed by atoms with Crippen molar-refractivity contribution in [3.8, 4) is 0 Å². The first-order chi connectivity index (χ1) is 5.95. The molecule has 1 heterocycles. The van der Waals surface area contributed by atoms with Gasteiger partial charge >= 0.3 is 6.30 Å². The Kier molecular flexibility index (Phi) is 2.60. The number of nitrogens with one attached hydrogen (secondary N) is 1. The van der Waals surface area contributed by atoms with Crippen LogP contribution in [-0.2, 0) is 12.8 Å². The third-order valence-electron chi connectivity index (χ3n) is 1.63. The van der Waals surface area contributed by atoms with Gasteiger partial charge in [-0.1, -0.05) is 0 Å². The smallest absolute Gasteiger partial charge is 0.316 e. The highest BCUT2D eigenvalue weighted by molar-refractivity contribution is 5.15. The highest BCUT2D eigenvalue weighted by atomic mass is 19.4. The number of aromatic nitrogens is 2. The molecule has 0 aliphatic carbocycles. The van der Waals surface area contributed by atoms with Crippen molar-refractivity contribution in [3.63, 3.8) is 0 Å². The molecule has 1 aromatic rings. The Labute approximate surface area is 73.5 Å².